The molecular formula is C17H13ClF2N2O4. The average Bonchev–Trinajstić information content (AvgIpc) is 2.61. The summed E-state index contributed by atoms with van der Waals surface area (Å²) in [6.07, 6.45) is 0. The van der Waals surface area contributed by atoms with Crippen molar-refractivity contribution in [1.82, 2.24) is 5.32 Å². The van der Waals surface area contributed by atoms with E-state index in [0.29, 0.717) is 0 Å². The van der Waals surface area contributed by atoms with Gasteiger partial charge < -0.3 is 15.4 Å². The number of amides is 2. The van der Waals surface area contributed by atoms with Crippen molar-refractivity contribution in [2.75, 3.05) is 18.5 Å². The molecule has 9 heteroatoms. The van der Waals surface area contributed by atoms with Crippen LogP contribution in [0.25, 0.3) is 0 Å². The van der Waals surface area contributed by atoms with Crippen LogP contribution in [0.3, 0.4) is 0 Å². The summed E-state index contributed by atoms with van der Waals surface area (Å²) >= 11 is 5.83. The van der Waals surface area contributed by atoms with Crippen LogP contribution >= 0.6 is 11.6 Å². The third-order valence-corrected chi connectivity index (χ3v) is 3.41. The molecule has 0 aliphatic heterocycles. The molecule has 2 aromatic rings. The van der Waals surface area contributed by atoms with Crippen LogP contribution in [0.2, 0.25) is 5.02 Å². The molecule has 6 nitrogen and oxygen atoms in total. The van der Waals surface area contributed by atoms with E-state index in [2.05, 4.69) is 10.6 Å². The Hall–Kier alpha value is -3.00. The molecule has 0 atom stereocenters. The lowest BCUT2D eigenvalue weighted by Gasteiger charge is -2.08. The van der Waals surface area contributed by atoms with E-state index in [1.807, 2.05) is 0 Å². The number of ether oxygens (including phenoxy) is 1. The fraction of sp³-hybridized carbons (Fsp3) is 0.118. The summed E-state index contributed by atoms with van der Waals surface area (Å²) in [4.78, 5) is 35.0. The van der Waals surface area contributed by atoms with Crippen molar-refractivity contribution >= 4 is 35.1 Å². The Morgan fingerprint density at radius 2 is 1.73 bits per heavy atom. The summed E-state index contributed by atoms with van der Waals surface area (Å²) in [5.41, 5.74) is 0.145. The van der Waals surface area contributed by atoms with Crippen molar-refractivity contribution in [2.45, 2.75) is 0 Å². The van der Waals surface area contributed by atoms with Crippen molar-refractivity contribution < 1.29 is 27.9 Å². The molecule has 0 fully saturated rings. The Morgan fingerprint density at radius 1 is 1.00 bits per heavy atom. The molecule has 0 bridgehead atoms. The van der Waals surface area contributed by atoms with E-state index in [4.69, 9.17) is 16.3 Å². The maximum absolute atomic E-state index is 13.0. The number of carbonyl (C=O) groups excluding carboxylic acids is 3. The molecule has 0 saturated heterocycles. The van der Waals surface area contributed by atoms with Crippen LogP contribution in [0.1, 0.15) is 10.4 Å². The van der Waals surface area contributed by atoms with Gasteiger partial charge in [0.25, 0.3) is 5.91 Å². The van der Waals surface area contributed by atoms with Gasteiger partial charge in [0, 0.05) is 11.8 Å². The van der Waals surface area contributed by atoms with E-state index >= 15 is 0 Å². The van der Waals surface area contributed by atoms with E-state index in [1.54, 1.807) is 12.1 Å². The van der Waals surface area contributed by atoms with Crippen molar-refractivity contribution in [3.63, 3.8) is 0 Å². The molecule has 0 saturated carbocycles. The molecule has 0 aromatic heterocycles. The summed E-state index contributed by atoms with van der Waals surface area (Å²) in [6, 6.07) is 9.00. The second-order valence-electron chi connectivity index (χ2n) is 5.01. The number of nitrogens with one attached hydrogen (secondary N) is 2. The smallest absolute Gasteiger partial charge is 0.340 e. The van der Waals surface area contributed by atoms with Gasteiger partial charge in [-0.05, 0) is 24.3 Å². The quantitative estimate of drug-likeness (QED) is 0.752. The molecule has 0 spiro atoms. The number of rotatable bonds is 6. The van der Waals surface area contributed by atoms with E-state index in [1.165, 1.54) is 18.2 Å². The molecule has 0 radical (unpaired) electrons. The Labute approximate surface area is 152 Å². The van der Waals surface area contributed by atoms with E-state index in [-0.39, 0.29) is 16.3 Å². The van der Waals surface area contributed by atoms with Gasteiger partial charge in [-0.15, -0.1) is 0 Å². The van der Waals surface area contributed by atoms with Crippen LogP contribution in [0.5, 0.6) is 0 Å². The molecule has 2 rings (SSSR count). The average molecular weight is 383 g/mol. The fourth-order valence-corrected chi connectivity index (χ4v) is 2.06. The Bertz CT molecular complexity index is 845. The summed E-state index contributed by atoms with van der Waals surface area (Å²) < 4.78 is 30.6. The van der Waals surface area contributed by atoms with Crippen LogP contribution in [0.15, 0.2) is 42.5 Å². The first-order valence-electron chi connectivity index (χ1n) is 7.30. The third-order valence-electron chi connectivity index (χ3n) is 3.08. The molecule has 0 heterocycles. The second kappa shape index (κ2) is 8.91. The zero-order valence-electron chi connectivity index (χ0n) is 13.2. The summed E-state index contributed by atoms with van der Waals surface area (Å²) in [6.45, 7) is -1.05. The zero-order valence-corrected chi connectivity index (χ0v) is 14.0. The number of carbonyl (C=O) groups is 3. The van der Waals surface area contributed by atoms with E-state index in [0.717, 1.165) is 12.1 Å². The summed E-state index contributed by atoms with van der Waals surface area (Å²) in [5, 5.41) is 4.68. The normalized spacial score (nSPS) is 10.1. The lowest BCUT2D eigenvalue weighted by Crippen LogP contribution is -2.35. The molecule has 0 unspecified atom stereocenters. The number of anilines is 1. The van der Waals surface area contributed by atoms with Gasteiger partial charge in [0.2, 0.25) is 5.91 Å². The molecule has 136 valence electrons. The SMILES string of the molecule is O=C(COC(=O)c1ccccc1Cl)NCC(=O)Nc1ccc(F)c(F)c1. The van der Waals surface area contributed by atoms with Crippen molar-refractivity contribution in [2.24, 2.45) is 0 Å². The van der Waals surface area contributed by atoms with Gasteiger partial charge in [-0.3, -0.25) is 9.59 Å². The van der Waals surface area contributed by atoms with Gasteiger partial charge in [-0.1, -0.05) is 23.7 Å². The van der Waals surface area contributed by atoms with Crippen LogP contribution in [-0.2, 0) is 14.3 Å². The minimum absolute atomic E-state index is 0.0355. The summed E-state index contributed by atoms with van der Waals surface area (Å²) in [7, 11) is 0. The van der Waals surface area contributed by atoms with Crippen LogP contribution < -0.4 is 10.6 Å². The fourth-order valence-electron chi connectivity index (χ4n) is 1.84. The second-order valence-corrected chi connectivity index (χ2v) is 5.42. The predicted octanol–water partition coefficient (Wildman–Crippen LogP) is 2.53. The van der Waals surface area contributed by atoms with Gasteiger partial charge in [0.1, 0.15) is 0 Å². The van der Waals surface area contributed by atoms with E-state index in [9.17, 15) is 23.2 Å². The number of hydrogen-bond acceptors (Lipinski definition) is 4. The number of benzene rings is 2. The standard InChI is InChI=1S/C17H13ClF2N2O4/c18-12-4-2-1-3-11(12)17(25)26-9-16(24)21-8-15(23)22-10-5-6-13(19)14(20)7-10/h1-7H,8-9H2,(H,21,24)(H,22,23). The van der Waals surface area contributed by atoms with Crippen molar-refractivity contribution in [3.05, 3.63) is 64.7 Å². The summed E-state index contributed by atoms with van der Waals surface area (Å²) in [5.74, 6) is -4.32. The predicted molar refractivity (Wildman–Crippen MR) is 89.7 cm³/mol. The van der Waals surface area contributed by atoms with Crippen LogP contribution in [0, 0.1) is 11.6 Å². The van der Waals surface area contributed by atoms with Gasteiger partial charge in [0.15, 0.2) is 18.2 Å². The van der Waals surface area contributed by atoms with Crippen molar-refractivity contribution in [3.8, 4) is 0 Å². The molecule has 2 amide bonds. The van der Waals surface area contributed by atoms with Crippen LogP contribution in [-0.4, -0.2) is 30.9 Å². The first-order chi connectivity index (χ1) is 12.4. The lowest BCUT2D eigenvalue weighted by molar-refractivity contribution is -0.126. The molecule has 2 N–H and O–H groups in total. The number of halogens is 3. The highest BCUT2D eigenvalue weighted by Gasteiger charge is 2.14. The molecule has 0 aliphatic rings. The maximum Gasteiger partial charge on any atom is 0.340 e. The zero-order chi connectivity index (χ0) is 19.1. The molecule has 0 aliphatic carbocycles. The van der Waals surface area contributed by atoms with E-state index < -0.39 is 42.6 Å². The highest BCUT2D eigenvalue weighted by molar-refractivity contribution is 6.33. The Balaban J connectivity index is 1.76. The first-order valence-corrected chi connectivity index (χ1v) is 7.68. The first kappa shape index (κ1) is 19.3. The monoisotopic (exact) mass is 382 g/mol. The third kappa shape index (κ3) is 5.52. The lowest BCUT2D eigenvalue weighted by atomic mass is 10.2. The van der Waals surface area contributed by atoms with Gasteiger partial charge in [-0.25, -0.2) is 13.6 Å². The minimum atomic E-state index is -1.11. The Kier molecular flexibility index (Phi) is 6.62. The molecular weight excluding hydrogens is 370 g/mol. The molecule has 26 heavy (non-hydrogen) atoms. The minimum Gasteiger partial charge on any atom is -0.452 e. The Morgan fingerprint density at radius 3 is 2.42 bits per heavy atom. The highest BCUT2D eigenvalue weighted by atomic mass is 35.5. The topological polar surface area (TPSA) is 84.5 Å². The number of hydrogen-bond donors (Lipinski definition) is 2. The van der Waals surface area contributed by atoms with Gasteiger partial charge >= 0.3 is 5.97 Å². The van der Waals surface area contributed by atoms with Gasteiger partial charge in [0.05, 0.1) is 17.1 Å². The molecule has 2 aromatic carbocycles. The van der Waals surface area contributed by atoms with Crippen molar-refractivity contribution in [1.29, 1.82) is 0 Å². The van der Waals surface area contributed by atoms with Crippen LogP contribution in [0.4, 0.5) is 14.5 Å². The number of esters is 1. The van der Waals surface area contributed by atoms with Gasteiger partial charge in [-0.2, -0.15) is 0 Å². The largest absolute Gasteiger partial charge is 0.452 e. The highest BCUT2D eigenvalue weighted by Crippen LogP contribution is 2.15. The maximum atomic E-state index is 13.0.